The molecule has 1 aromatic carbocycles. The summed E-state index contributed by atoms with van der Waals surface area (Å²) in [5.41, 5.74) is 1.04. The average Bonchev–Trinajstić information content (AvgIpc) is 2.53. The average molecular weight is 333 g/mol. The number of hydrogen-bond donors (Lipinski definition) is 1. The summed E-state index contributed by atoms with van der Waals surface area (Å²) in [6.07, 6.45) is 4.70. The molecule has 4 nitrogen and oxygen atoms in total. The van der Waals surface area contributed by atoms with Crippen molar-refractivity contribution >= 4 is 5.91 Å². The molecule has 2 aliphatic heterocycles. The number of piperidine rings is 1. The van der Waals surface area contributed by atoms with Gasteiger partial charge in [0, 0.05) is 31.7 Å². The summed E-state index contributed by atoms with van der Waals surface area (Å²) in [4.78, 5) is 16.9. The van der Waals surface area contributed by atoms with Crippen molar-refractivity contribution in [2.24, 2.45) is 0 Å². The number of hydrogen-bond acceptors (Lipinski definition) is 3. The minimum absolute atomic E-state index is 0.0854. The number of rotatable bonds is 6. The molecule has 0 saturated carbocycles. The summed E-state index contributed by atoms with van der Waals surface area (Å²) in [5, 5.41) is 2.96. The topological polar surface area (TPSA) is 35.6 Å². The lowest BCUT2D eigenvalue weighted by Crippen LogP contribution is -2.63. The highest BCUT2D eigenvalue weighted by Crippen LogP contribution is 2.24. The molecular weight excluding hydrogens is 305 g/mol. The second-order valence-corrected chi connectivity index (χ2v) is 7.16. The van der Waals surface area contributed by atoms with E-state index in [1.807, 2.05) is 0 Å². The van der Waals surface area contributed by atoms with Gasteiger partial charge >= 0.3 is 0 Å². The van der Waals surface area contributed by atoms with Crippen LogP contribution in [0.3, 0.4) is 0 Å². The fourth-order valence-electron chi connectivity index (χ4n) is 3.80. The van der Waals surface area contributed by atoms with E-state index in [1.54, 1.807) is 12.1 Å². The second-order valence-electron chi connectivity index (χ2n) is 7.16. The van der Waals surface area contributed by atoms with Crippen LogP contribution < -0.4 is 5.32 Å². The van der Waals surface area contributed by atoms with Crippen LogP contribution in [-0.4, -0.2) is 60.5 Å². The molecule has 2 aliphatic rings. The predicted octanol–water partition coefficient (Wildman–Crippen LogP) is 2.04. The van der Waals surface area contributed by atoms with E-state index in [9.17, 15) is 9.18 Å². The molecule has 2 heterocycles. The number of amides is 1. The zero-order chi connectivity index (χ0) is 16.9. The summed E-state index contributed by atoms with van der Waals surface area (Å²) in [5.74, 6) is -0.139. The van der Waals surface area contributed by atoms with E-state index in [0.717, 1.165) is 25.1 Å². The van der Waals surface area contributed by atoms with Crippen LogP contribution in [0, 0.1) is 5.82 Å². The second kappa shape index (κ2) is 8.08. The van der Waals surface area contributed by atoms with Crippen molar-refractivity contribution in [2.75, 3.05) is 32.7 Å². The molecule has 1 N–H and O–H groups in total. The van der Waals surface area contributed by atoms with Crippen LogP contribution in [0.5, 0.6) is 0 Å². The van der Waals surface area contributed by atoms with Crippen molar-refractivity contribution < 1.29 is 9.18 Å². The zero-order valence-electron chi connectivity index (χ0n) is 14.5. The van der Waals surface area contributed by atoms with Crippen LogP contribution >= 0.6 is 0 Å². The first-order valence-corrected chi connectivity index (χ1v) is 9.11. The van der Waals surface area contributed by atoms with Crippen LogP contribution in [0.15, 0.2) is 24.3 Å². The highest BCUT2D eigenvalue weighted by atomic mass is 19.1. The normalized spacial score (nSPS) is 23.0. The number of likely N-dealkylation sites (tertiary alicyclic amines) is 2. The molecular formula is C19H28FN3O. The minimum Gasteiger partial charge on any atom is -0.355 e. The van der Waals surface area contributed by atoms with Crippen LogP contribution in [0.25, 0.3) is 0 Å². The lowest BCUT2D eigenvalue weighted by Gasteiger charge is -2.49. The Kier molecular flexibility index (Phi) is 5.85. The Morgan fingerprint density at radius 3 is 2.71 bits per heavy atom. The van der Waals surface area contributed by atoms with Crippen LogP contribution in [0.1, 0.15) is 31.7 Å². The third kappa shape index (κ3) is 4.54. The Morgan fingerprint density at radius 1 is 1.25 bits per heavy atom. The molecule has 2 saturated heterocycles. The van der Waals surface area contributed by atoms with Gasteiger partial charge in [-0.1, -0.05) is 18.6 Å². The van der Waals surface area contributed by atoms with Crippen molar-refractivity contribution in [3.8, 4) is 0 Å². The van der Waals surface area contributed by atoms with Gasteiger partial charge in [-0.15, -0.1) is 0 Å². The SMILES string of the molecule is C[C@H]1CCCCN1C1CN(CC(=O)NCCc2ccc(F)cc2)C1. The smallest absolute Gasteiger partial charge is 0.234 e. The van der Waals surface area contributed by atoms with E-state index in [1.165, 1.54) is 37.9 Å². The molecule has 1 amide bonds. The van der Waals surface area contributed by atoms with Crippen molar-refractivity contribution in [3.63, 3.8) is 0 Å². The maximum Gasteiger partial charge on any atom is 0.234 e. The third-order valence-electron chi connectivity index (χ3n) is 5.28. The molecule has 1 aromatic rings. The van der Waals surface area contributed by atoms with Crippen molar-refractivity contribution in [2.45, 2.75) is 44.7 Å². The standard InChI is InChI=1S/C19H28FN3O/c1-15-4-2-3-11-23(15)18-12-22(13-18)14-19(24)21-10-9-16-5-7-17(20)8-6-16/h5-8,15,18H,2-4,9-14H2,1H3,(H,21,24)/t15-/m0/s1. The van der Waals surface area contributed by atoms with Gasteiger partial charge < -0.3 is 5.32 Å². The van der Waals surface area contributed by atoms with Gasteiger partial charge in [0.05, 0.1) is 6.54 Å². The fourth-order valence-corrected chi connectivity index (χ4v) is 3.80. The van der Waals surface area contributed by atoms with Crippen LogP contribution in [0.2, 0.25) is 0 Å². The number of carbonyl (C=O) groups excluding carboxylic acids is 1. The van der Waals surface area contributed by atoms with Crippen LogP contribution in [-0.2, 0) is 11.2 Å². The Morgan fingerprint density at radius 2 is 2.00 bits per heavy atom. The Bertz CT molecular complexity index is 542. The monoisotopic (exact) mass is 333 g/mol. The summed E-state index contributed by atoms with van der Waals surface area (Å²) in [6.45, 7) is 6.64. The predicted molar refractivity (Wildman–Crippen MR) is 93.4 cm³/mol. The molecule has 1 atom stereocenters. The van der Waals surface area contributed by atoms with Crippen molar-refractivity contribution in [1.82, 2.24) is 15.1 Å². The molecule has 5 heteroatoms. The van der Waals surface area contributed by atoms with Gasteiger partial charge in [0.2, 0.25) is 5.91 Å². The van der Waals surface area contributed by atoms with E-state index in [0.29, 0.717) is 25.2 Å². The van der Waals surface area contributed by atoms with Gasteiger partial charge in [0.15, 0.2) is 0 Å². The summed E-state index contributed by atoms with van der Waals surface area (Å²) < 4.78 is 12.8. The van der Waals surface area contributed by atoms with Gasteiger partial charge in [0.25, 0.3) is 0 Å². The largest absolute Gasteiger partial charge is 0.355 e. The van der Waals surface area contributed by atoms with Gasteiger partial charge in [-0.2, -0.15) is 0 Å². The molecule has 0 unspecified atom stereocenters. The maximum absolute atomic E-state index is 12.8. The molecule has 132 valence electrons. The summed E-state index contributed by atoms with van der Waals surface area (Å²) in [7, 11) is 0. The molecule has 0 bridgehead atoms. The molecule has 0 spiro atoms. The van der Waals surface area contributed by atoms with Gasteiger partial charge in [0.1, 0.15) is 5.82 Å². The van der Waals surface area contributed by atoms with Crippen molar-refractivity contribution in [3.05, 3.63) is 35.6 Å². The summed E-state index contributed by atoms with van der Waals surface area (Å²) >= 11 is 0. The van der Waals surface area contributed by atoms with E-state index >= 15 is 0 Å². The third-order valence-corrected chi connectivity index (χ3v) is 5.28. The molecule has 0 radical (unpaired) electrons. The Hall–Kier alpha value is -1.46. The van der Waals surface area contributed by atoms with Crippen molar-refractivity contribution in [1.29, 1.82) is 0 Å². The van der Waals surface area contributed by atoms with Gasteiger partial charge in [-0.3, -0.25) is 14.6 Å². The minimum atomic E-state index is -0.224. The summed E-state index contributed by atoms with van der Waals surface area (Å²) in [6, 6.07) is 7.77. The van der Waals surface area contributed by atoms with E-state index in [2.05, 4.69) is 22.0 Å². The lowest BCUT2D eigenvalue weighted by molar-refractivity contribution is -0.124. The number of nitrogens with zero attached hydrogens (tertiary/aromatic N) is 2. The first kappa shape index (κ1) is 17.4. The molecule has 0 aromatic heterocycles. The maximum atomic E-state index is 12.8. The van der Waals surface area contributed by atoms with E-state index in [-0.39, 0.29) is 11.7 Å². The quantitative estimate of drug-likeness (QED) is 0.865. The Labute approximate surface area is 144 Å². The number of halogens is 1. The first-order valence-electron chi connectivity index (χ1n) is 9.11. The fraction of sp³-hybridized carbons (Fsp3) is 0.632. The zero-order valence-corrected chi connectivity index (χ0v) is 14.5. The van der Waals surface area contributed by atoms with Crippen LogP contribution in [0.4, 0.5) is 4.39 Å². The molecule has 0 aliphatic carbocycles. The highest BCUT2D eigenvalue weighted by Gasteiger charge is 2.35. The van der Waals surface area contributed by atoms with Gasteiger partial charge in [-0.05, 0) is 50.4 Å². The first-order chi connectivity index (χ1) is 11.6. The highest BCUT2D eigenvalue weighted by molar-refractivity contribution is 5.78. The lowest BCUT2D eigenvalue weighted by atomic mass is 9.97. The van der Waals surface area contributed by atoms with E-state index in [4.69, 9.17) is 0 Å². The Balaban J connectivity index is 1.31. The number of benzene rings is 1. The number of nitrogens with one attached hydrogen (secondary N) is 1. The molecule has 3 rings (SSSR count). The molecule has 2 fully saturated rings. The van der Waals surface area contributed by atoms with Gasteiger partial charge in [-0.25, -0.2) is 4.39 Å². The van der Waals surface area contributed by atoms with E-state index < -0.39 is 0 Å². The number of carbonyl (C=O) groups is 1. The molecule has 24 heavy (non-hydrogen) atoms.